The summed E-state index contributed by atoms with van der Waals surface area (Å²) in [5.41, 5.74) is 0. The molecule has 0 radical (unpaired) electrons. The van der Waals surface area contributed by atoms with Crippen molar-refractivity contribution in [2.45, 2.75) is 23.7 Å². The number of halogens is 1. The number of ether oxygens (including phenoxy) is 1. The first-order valence-electron chi connectivity index (χ1n) is 5.28. The average molecular weight is 279 g/mol. The highest BCUT2D eigenvalue weighted by Gasteiger charge is 2.21. The average Bonchev–Trinajstić information content (AvgIpc) is 2.63. The van der Waals surface area contributed by atoms with Crippen molar-refractivity contribution in [2.24, 2.45) is 0 Å². The van der Waals surface area contributed by atoms with Gasteiger partial charge in [-0.05, 0) is 26.4 Å². The molecule has 1 aliphatic heterocycles. The lowest BCUT2D eigenvalue weighted by Gasteiger charge is -2.20. The van der Waals surface area contributed by atoms with Gasteiger partial charge in [-0.15, -0.1) is 0 Å². The Morgan fingerprint density at radius 1 is 1.73 bits per heavy atom. The number of nitrogens with zero attached hydrogens (tertiary/aromatic N) is 1. The fourth-order valence-electron chi connectivity index (χ4n) is 1.83. The first-order valence-corrected chi connectivity index (χ1v) is 6.19. The molecule has 15 heavy (non-hydrogen) atoms. The molecular formula is C10H19BrN2O2. The normalized spacial score (nSPS) is 24.1. The Labute approximate surface area is 99.5 Å². The van der Waals surface area contributed by atoms with E-state index in [1.54, 1.807) is 0 Å². The van der Waals surface area contributed by atoms with Crippen LogP contribution in [0.4, 0.5) is 0 Å². The van der Waals surface area contributed by atoms with Crippen molar-refractivity contribution >= 4 is 21.9 Å². The fourth-order valence-corrected chi connectivity index (χ4v) is 2.24. The number of alkyl halides is 1. The maximum Gasteiger partial charge on any atom is 0.320 e. The smallest absolute Gasteiger partial charge is 0.320 e. The maximum absolute atomic E-state index is 11.1. The van der Waals surface area contributed by atoms with E-state index in [4.69, 9.17) is 0 Å². The molecular weight excluding hydrogens is 260 g/mol. The Kier molecular flexibility index (Phi) is 5.56. The Bertz CT molecular complexity index is 214. The highest BCUT2D eigenvalue weighted by Crippen LogP contribution is 2.13. The predicted octanol–water partition coefficient (Wildman–Crippen LogP) is 0.607. The van der Waals surface area contributed by atoms with Gasteiger partial charge in [-0.2, -0.15) is 0 Å². The topological polar surface area (TPSA) is 41.6 Å². The summed E-state index contributed by atoms with van der Waals surface area (Å²) in [6.07, 6.45) is 2.52. The molecule has 0 aromatic carbocycles. The van der Waals surface area contributed by atoms with Crippen LogP contribution in [0.1, 0.15) is 12.8 Å². The first-order chi connectivity index (χ1) is 7.15. The lowest BCUT2D eigenvalue weighted by Crippen LogP contribution is -2.39. The standard InChI is InChI=1S/C10H19BrN2O2/c1-13-5-3-4-8(13)6-12-7-9(11)10(14)15-2/h8-9,12H,3-7H2,1-2H3. The van der Waals surface area contributed by atoms with Crippen LogP contribution in [0.3, 0.4) is 0 Å². The van der Waals surface area contributed by atoms with Gasteiger partial charge in [0.25, 0.3) is 0 Å². The quantitative estimate of drug-likeness (QED) is 0.591. The van der Waals surface area contributed by atoms with Gasteiger partial charge in [-0.25, -0.2) is 0 Å². The van der Waals surface area contributed by atoms with Gasteiger partial charge < -0.3 is 15.0 Å². The highest BCUT2D eigenvalue weighted by molar-refractivity contribution is 9.10. The lowest BCUT2D eigenvalue weighted by atomic mass is 10.2. The molecule has 1 N–H and O–H groups in total. The zero-order valence-corrected chi connectivity index (χ0v) is 10.9. The summed E-state index contributed by atoms with van der Waals surface area (Å²) in [7, 11) is 3.55. The van der Waals surface area contributed by atoms with Crippen molar-refractivity contribution in [1.82, 2.24) is 10.2 Å². The van der Waals surface area contributed by atoms with Gasteiger partial charge in [0.2, 0.25) is 0 Å². The summed E-state index contributed by atoms with van der Waals surface area (Å²) in [6, 6.07) is 0.613. The van der Waals surface area contributed by atoms with Crippen molar-refractivity contribution in [3.05, 3.63) is 0 Å². The third kappa shape index (κ3) is 4.09. The van der Waals surface area contributed by atoms with Gasteiger partial charge in [0.15, 0.2) is 0 Å². The third-order valence-electron chi connectivity index (χ3n) is 2.83. The van der Waals surface area contributed by atoms with E-state index in [2.05, 4.69) is 37.9 Å². The van der Waals surface area contributed by atoms with Gasteiger partial charge in [-0.1, -0.05) is 15.9 Å². The second-order valence-corrected chi connectivity index (χ2v) is 5.03. The van der Waals surface area contributed by atoms with E-state index in [0.29, 0.717) is 12.6 Å². The summed E-state index contributed by atoms with van der Waals surface area (Å²) in [5.74, 6) is -0.220. The molecule has 1 aliphatic rings. The number of likely N-dealkylation sites (N-methyl/N-ethyl adjacent to an activating group) is 1. The fraction of sp³-hybridized carbons (Fsp3) is 0.900. The van der Waals surface area contributed by atoms with E-state index in [-0.39, 0.29) is 10.8 Å². The summed E-state index contributed by atoms with van der Waals surface area (Å²) < 4.78 is 4.62. The Balaban J connectivity index is 2.13. The SMILES string of the molecule is COC(=O)C(Br)CNCC1CCCN1C. The molecule has 1 saturated heterocycles. The molecule has 88 valence electrons. The van der Waals surface area contributed by atoms with Crippen molar-refractivity contribution in [1.29, 1.82) is 0 Å². The van der Waals surface area contributed by atoms with E-state index in [0.717, 1.165) is 6.54 Å². The number of carbonyl (C=O) groups is 1. The number of carbonyl (C=O) groups excluding carboxylic acids is 1. The number of methoxy groups -OCH3 is 1. The number of likely N-dealkylation sites (tertiary alicyclic amines) is 1. The summed E-state index contributed by atoms with van der Waals surface area (Å²) in [4.78, 5) is 13.2. The number of hydrogen-bond donors (Lipinski definition) is 1. The third-order valence-corrected chi connectivity index (χ3v) is 3.53. The zero-order chi connectivity index (χ0) is 11.3. The molecule has 0 bridgehead atoms. The van der Waals surface area contributed by atoms with E-state index >= 15 is 0 Å². The number of hydrogen-bond acceptors (Lipinski definition) is 4. The van der Waals surface area contributed by atoms with Crippen LogP contribution in [-0.2, 0) is 9.53 Å². The number of esters is 1. The van der Waals surface area contributed by atoms with Crippen LogP contribution >= 0.6 is 15.9 Å². The molecule has 0 spiro atoms. The minimum Gasteiger partial charge on any atom is -0.468 e. The van der Waals surface area contributed by atoms with E-state index < -0.39 is 0 Å². The van der Waals surface area contributed by atoms with Gasteiger partial charge in [0.1, 0.15) is 4.83 Å². The van der Waals surface area contributed by atoms with Crippen molar-refractivity contribution < 1.29 is 9.53 Å². The molecule has 1 heterocycles. The zero-order valence-electron chi connectivity index (χ0n) is 9.33. The number of nitrogens with one attached hydrogen (secondary N) is 1. The lowest BCUT2D eigenvalue weighted by molar-refractivity contribution is -0.139. The van der Waals surface area contributed by atoms with Crippen LogP contribution in [0.2, 0.25) is 0 Å². The van der Waals surface area contributed by atoms with Gasteiger partial charge in [0, 0.05) is 19.1 Å². The van der Waals surface area contributed by atoms with E-state index in [1.807, 2.05) is 0 Å². The molecule has 5 heteroatoms. The molecule has 0 amide bonds. The van der Waals surface area contributed by atoms with Crippen molar-refractivity contribution in [2.75, 3.05) is 33.8 Å². The Hall–Kier alpha value is -0.130. The number of rotatable bonds is 5. The molecule has 0 aliphatic carbocycles. The van der Waals surface area contributed by atoms with E-state index in [9.17, 15) is 4.79 Å². The molecule has 2 unspecified atom stereocenters. The van der Waals surface area contributed by atoms with E-state index in [1.165, 1.54) is 26.5 Å². The van der Waals surface area contributed by atoms with Crippen molar-refractivity contribution in [3.8, 4) is 0 Å². The summed E-state index contributed by atoms with van der Waals surface area (Å²) >= 11 is 3.28. The Morgan fingerprint density at radius 3 is 3.00 bits per heavy atom. The second kappa shape index (κ2) is 6.45. The second-order valence-electron chi connectivity index (χ2n) is 3.93. The first kappa shape index (κ1) is 12.9. The van der Waals surface area contributed by atoms with Crippen molar-refractivity contribution in [3.63, 3.8) is 0 Å². The molecule has 0 aromatic rings. The largest absolute Gasteiger partial charge is 0.468 e. The molecule has 0 aromatic heterocycles. The molecule has 2 atom stereocenters. The van der Waals surface area contributed by atoms with Gasteiger partial charge in [0.05, 0.1) is 7.11 Å². The van der Waals surface area contributed by atoms with Crippen LogP contribution in [0.5, 0.6) is 0 Å². The minimum absolute atomic E-state index is 0.220. The molecule has 1 rings (SSSR count). The summed E-state index contributed by atoms with van der Waals surface area (Å²) in [5, 5.41) is 3.28. The maximum atomic E-state index is 11.1. The predicted molar refractivity (Wildman–Crippen MR) is 63.3 cm³/mol. The van der Waals surface area contributed by atoms with Crippen LogP contribution < -0.4 is 5.32 Å². The van der Waals surface area contributed by atoms with Gasteiger partial charge in [-0.3, -0.25) is 4.79 Å². The van der Waals surface area contributed by atoms with Gasteiger partial charge >= 0.3 is 5.97 Å². The molecule has 0 saturated carbocycles. The monoisotopic (exact) mass is 278 g/mol. The van der Waals surface area contributed by atoms with Crippen LogP contribution in [-0.4, -0.2) is 55.5 Å². The Morgan fingerprint density at radius 2 is 2.47 bits per heavy atom. The molecule has 1 fully saturated rings. The van der Waals surface area contributed by atoms with Crippen LogP contribution in [0.15, 0.2) is 0 Å². The molecule has 4 nitrogen and oxygen atoms in total. The minimum atomic E-state index is -0.241. The van der Waals surface area contributed by atoms with Crippen LogP contribution in [0, 0.1) is 0 Å². The summed E-state index contributed by atoms with van der Waals surface area (Å²) in [6.45, 7) is 2.74. The highest BCUT2D eigenvalue weighted by atomic mass is 79.9. The van der Waals surface area contributed by atoms with Crippen LogP contribution in [0.25, 0.3) is 0 Å².